The maximum absolute atomic E-state index is 5.62. The highest BCUT2D eigenvalue weighted by Gasteiger charge is 2.05. The summed E-state index contributed by atoms with van der Waals surface area (Å²) in [6.07, 6.45) is 1.00. The molecule has 0 atom stereocenters. The number of hydrogen-bond acceptors (Lipinski definition) is 4. The van der Waals surface area contributed by atoms with Gasteiger partial charge in [0.2, 0.25) is 0 Å². The Kier molecular flexibility index (Phi) is 3.31. The number of nitrogens with zero attached hydrogens (tertiary/aromatic N) is 1. The van der Waals surface area contributed by atoms with Crippen molar-refractivity contribution in [1.82, 2.24) is 4.37 Å². The molecule has 0 amide bonds. The lowest BCUT2D eigenvalue weighted by Gasteiger charge is -2.04. The van der Waals surface area contributed by atoms with E-state index in [4.69, 9.17) is 5.73 Å². The minimum absolute atomic E-state index is 0.620. The van der Waals surface area contributed by atoms with Gasteiger partial charge in [-0.1, -0.05) is 19.1 Å². The molecule has 0 spiro atoms. The van der Waals surface area contributed by atoms with Crippen LogP contribution in [0, 0.1) is 6.92 Å². The monoisotopic (exact) mass is 197 g/mol. The molecule has 1 aromatic rings. The van der Waals surface area contributed by atoms with E-state index in [1.807, 2.05) is 6.92 Å². The van der Waals surface area contributed by atoms with E-state index in [0.717, 1.165) is 23.5 Å². The van der Waals surface area contributed by atoms with Crippen LogP contribution >= 0.6 is 11.5 Å². The zero-order valence-electron chi connectivity index (χ0n) is 8.05. The lowest BCUT2D eigenvalue weighted by Crippen LogP contribution is -2.02. The number of nitrogens with two attached hydrogens (primary N) is 1. The Morgan fingerprint density at radius 1 is 1.69 bits per heavy atom. The maximum Gasteiger partial charge on any atom is 0.142 e. The summed E-state index contributed by atoms with van der Waals surface area (Å²) in [7, 11) is 0. The molecule has 3 N–H and O–H groups in total. The maximum atomic E-state index is 5.62. The van der Waals surface area contributed by atoms with E-state index >= 15 is 0 Å². The molecule has 0 bridgehead atoms. The van der Waals surface area contributed by atoms with Gasteiger partial charge in [-0.3, -0.25) is 0 Å². The van der Waals surface area contributed by atoms with Crippen LogP contribution in [0.5, 0.6) is 0 Å². The molecule has 4 heteroatoms. The molecule has 0 fully saturated rings. The van der Waals surface area contributed by atoms with Crippen molar-refractivity contribution in [3.05, 3.63) is 17.7 Å². The first-order chi connectivity index (χ1) is 6.15. The first-order valence-electron chi connectivity index (χ1n) is 4.27. The summed E-state index contributed by atoms with van der Waals surface area (Å²) >= 11 is 1.40. The zero-order valence-corrected chi connectivity index (χ0v) is 8.87. The third kappa shape index (κ3) is 2.45. The first-order valence-corrected chi connectivity index (χ1v) is 5.04. The van der Waals surface area contributed by atoms with Gasteiger partial charge in [-0.05, 0) is 24.9 Å². The second kappa shape index (κ2) is 4.28. The Hall–Kier alpha value is -1.03. The third-order valence-corrected chi connectivity index (χ3v) is 2.88. The highest BCUT2D eigenvalue weighted by molar-refractivity contribution is 7.10. The number of nitrogens with one attached hydrogen (secondary N) is 1. The normalized spacial score (nSPS) is 10.0. The molecule has 3 nitrogen and oxygen atoms in total. The number of hydrogen-bond donors (Lipinski definition) is 2. The quantitative estimate of drug-likeness (QED) is 0.729. The molecule has 72 valence electrons. The Morgan fingerprint density at radius 2 is 2.38 bits per heavy atom. The van der Waals surface area contributed by atoms with Crippen molar-refractivity contribution in [3.63, 3.8) is 0 Å². The molecule has 0 saturated heterocycles. The summed E-state index contributed by atoms with van der Waals surface area (Å²) in [6.45, 7) is 8.78. The molecule has 0 aliphatic rings. The van der Waals surface area contributed by atoms with E-state index in [0.29, 0.717) is 5.82 Å². The summed E-state index contributed by atoms with van der Waals surface area (Å²) in [4.78, 5) is 0. The molecule has 0 saturated carbocycles. The van der Waals surface area contributed by atoms with Crippen LogP contribution in [0.15, 0.2) is 12.2 Å². The summed E-state index contributed by atoms with van der Waals surface area (Å²) in [5, 5.41) is 4.31. The van der Waals surface area contributed by atoms with Gasteiger partial charge < -0.3 is 11.1 Å². The fourth-order valence-electron chi connectivity index (χ4n) is 0.843. The zero-order chi connectivity index (χ0) is 9.84. The van der Waals surface area contributed by atoms with Crippen LogP contribution in [0.2, 0.25) is 0 Å². The van der Waals surface area contributed by atoms with Crippen LogP contribution in [-0.4, -0.2) is 10.9 Å². The second-order valence-electron chi connectivity index (χ2n) is 2.98. The Balaban J connectivity index is 2.55. The van der Waals surface area contributed by atoms with Gasteiger partial charge in [-0.25, -0.2) is 0 Å². The third-order valence-electron chi connectivity index (χ3n) is 1.96. The van der Waals surface area contributed by atoms with E-state index < -0.39 is 0 Å². The predicted octanol–water partition coefficient (Wildman–Crippen LogP) is 2.41. The van der Waals surface area contributed by atoms with Gasteiger partial charge in [0.25, 0.3) is 0 Å². The lowest BCUT2D eigenvalue weighted by atomic mass is 10.2. The average Bonchev–Trinajstić information content (AvgIpc) is 2.44. The molecule has 0 unspecified atom stereocenters. The van der Waals surface area contributed by atoms with Gasteiger partial charge in [0.15, 0.2) is 0 Å². The lowest BCUT2D eigenvalue weighted by molar-refractivity contribution is 1.05. The molecular formula is C9H15N3S. The SMILES string of the molecule is C=C(CC)CNc1snc(N)c1C. The van der Waals surface area contributed by atoms with E-state index in [9.17, 15) is 0 Å². The predicted molar refractivity (Wildman–Crippen MR) is 59.2 cm³/mol. The first kappa shape index (κ1) is 10.1. The molecule has 13 heavy (non-hydrogen) atoms. The summed E-state index contributed by atoms with van der Waals surface area (Å²) in [6, 6.07) is 0. The highest BCUT2D eigenvalue weighted by Crippen LogP contribution is 2.25. The fourth-order valence-corrected chi connectivity index (χ4v) is 1.55. The smallest absolute Gasteiger partial charge is 0.142 e. The van der Waals surface area contributed by atoms with E-state index in [-0.39, 0.29) is 0 Å². The van der Waals surface area contributed by atoms with Gasteiger partial charge in [-0.15, -0.1) is 0 Å². The number of aromatic nitrogens is 1. The molecule has 1 aromatic heterocycles. The summed E-state index contributed by atoms with van der Waals surface area (Å²) in [5.74, 6) is 0.620. The summed E-state index contributed by atoms with van der Waals surface area (Å²) in [5.41, 5.74) is 7.84. The van der Waals surface area contributed by atoms with Gasteiger partial charge >= 0.3 is 0 Å². The van der Waals surface area contributed by atoms with Crippen molar-refractivity contribution < 1.29 is 0 Å². The molecule has 0 aliphatic heterocycles. The van der Waals surface area contributed by atoms with Crippen LogP contribution in [-0.2, 0) is 0 Å². The minimum atomic E-state index is 0.620. The van der Waals surface area contributed by atoms with Crippen molar-refractivity contribution in [2.45, 2.75) is 20.3 Å². The number of nitrogen functional groups attached to an aromatic ring is 1. The molecule has 1 rings (SSSR count). The molecule has 0 aliphatic carbocycles. The largest absolute Gasteiger partial charge is 0.383 e. The van der Waals surface area contributed by atoms with E-state index in [1.165, 1.54) is 17.1 Å². The second-order valence-corrected chi connectivity index (χ2v) is 3.75. The van der Waals surface area contributed by atoms with Gasteiger partial charge in [0.1, 0.15) is 10.8 Å². The van der Waals surface area contributed by atoms with Crippen molar-refractivity contribution in [2.75, 3.05) is 17.6 Å². The van der Waals surface area contributed by atoms with Crippen LogP contribution in [0.3, 0.4) is 0 Å². The Labute approximate surface area is 82.8 Å². The standard InChI is InChI=1S/C9H15N3S/c1-4-6(2)5-11-9-7(3)8(10)12-13-9/h11H,2,4-5H2,1,3H3,(H2,10,12). The molecule has 1 heterocycles. The van der Waals surface area contributed by atoms with Crippen molar-refractivity contribution in [1.29, 1.82) is 0 Å². The van der Waals surface area contributed by atoms with Crippen LogP contribution in [0.1, 0.15) is 18.9 Å². The Morgan fingerprint density at radius 3 is 2.85 bits per heavy atom. The van der Waals surface area contributed by atoms with Crippen molar-refractivity contribution in [2.24, 2.45) is 0 Å². The van der Waals surface area contributed by atoms with Crippen molar-refractivity contribution >= 4 is 22.4 Å². The average molecular weight is 197 g/mol. The van der Waals surface area contributed by atoms with Gasteiger partial charge in [0, 0.05) is 12.1 Å². The van der Waals surface area contributed by atoms with Crippen LogP contribution < -0.4 is 11.1 Å². The van der Waals surface area contributed by atoms with Crippen LogP contribution in [0.25, 0.3) is 0 Å². The Bertz CT molecular complexity index is 304. The van der Waals surface area contributed by atoms with E-state index in [1.54, 1.807) is 0 Å². The van der Waals surface area contributed by atoms with Gasteiger partial charge in [-0.2, -0.15) is 4.37 Å². The number of anilines is 2. The fraction of sp³-hybridized carbons (Fsp3) is 0.444. The molecule has 0 radical (unpaired) electrons. The highest BCUT2D eigenvalue weighted by atomic mass is 32.1. The summed E-state index contributed by atoms with van der Waals surface area (Å²) < 4.78 is 4.05. The molecule has 0 aromatic carbocycles. The van der Waals surface area contributed by atoms with E-state index in [2.05, 4.69) is 23.2 Å². The number of rotatable bonds is 4. The van der Waals surface area contributed by atoms with Crippen molar-refractivity contribution in [3.8, 4) is 0 Å². The molecular weight excluding hydrogens is 182 g/mol. The minimum Gasteiger partial charge on any atom is -0.383 e. The van der Waals surface area contributed by atoms with Crippen LogP contribution in [0.4, 0.5) is 10.8 Å². The van der Waals surface area contributed by atoms with Gasteiger partial charge in [0.05, 0.1) is 0 Å². The topological polar surface area (TPSA) is 50.9 Å².